The highest BCUT2D eigenvalue weighted by atomic mass is 16.3. The van der Waals surface area contributed by atoms with Crippen LogP contribution in [-0.4, -0.2) is 46.8 Å². The Bertz CT molecular complexity index is 219. The summed E-state index contributed by atoms with van der Waals surface area (Å²) >= 11 is 0. The molecular weight excluding hydrogens is 178 g/mol. The van der Waals surface area contributed by atoms with E-state index in [2.05, 4.69) is 17.7 Å². The summed E-state index contributed by atoms with van der Waals surface area (Å²) in [7, 11) is 0. The van der Waals surface area contributed by atoms with Crippen molar-refractivity contribution >= 4 is 6.21 Å². The van der Waals surface area contributed by atoms with Gasteiger partial charge in [-0.15, -0.1) is 0 Å². The SMILES string of the molecule is C[C@@H]1CCC[N+]1=C/C=C/C(CO)CO. The average Bonchev–Trinajstić information content (AvgIpc) is 2.59. The van der Waals surface area contributed by atoms with Crippen LogP contribution in [0.15, 0.2) is 12.2 Å². The smallest absolute Gasteiger partial charge is 0.163 e. The molecule has 0 aromatic heterocycles. The topological polar surface area (TPSA) is 43.5 Å². The van der Waals surface area contributed by atoms with Crippen molar-refractivity contribution in [3.8, 4) is 0 Å². The van der Waals surface area contributed by atoms with Crippen molar-refractivity contribution in [2.45, 2.75) is 25.8 Å². The molecule has 0 aromatic carbocycles. The zero-order chi connectivity index (χ0) is 10.4. The lowest BCUT2D eigenvalue weighted by Gasteiger charge is -2.02. The molecule has 1 atom stereocenters. The first kappa shape index (κ1) is 11.4. The monoisotopic (exact) mass is 198 g/mol. The van der Waals surface area contributed by atoms with Crippen LogP contribution in [-0.2, 0) is 0 Å². The van der Waals surface area contributed by atoms with Gasteiger partial charge in [0.05, 0.1) is 13.2 Å². The van der Waals surface area contributed by atoms with E-state index in [0.29, 0.717) is 6.04 Å². The highest BCUT2D eigenvalue weighted by Gasteiger charge is 2.21. The van der Waals surface area contributed by atoms with Crippen molar-refractivity contribution in [1.29, 1.82) is 0 Å². The summed E-state index contributed by atoms with van der Waals surface area (Å²) in [6.45, 7) is 3.36. The van der Waals surface area contributed by atoms with Crippen LogP contribution in [0.25, 0.3) is 0 Å². The van der Waals surface area contributed by atoms with E-state index in [1.807, 2.05) is 12.2 Å². The maximum absolute atomic E-state index is 8.83. The number of aliphatic hydroxyl groups is 2. The van der Waals surface area contributed by atoms with E-state index >= 15 is 0 Å². The van der Waals surface area contributed by atoms with Gasteiger partial charge in [0.25, 0.3) is 0 Å². The Morgan fingerprint density at radius 1 is 1.43 bits per heavy atom. The second-order valence-corrected chi connectivity index (χ2v) is 3.89. The van der Waals surface area contributed by atoms with Gasteiger partial charge in [0.2, 0.25) is 0 Å². The highest BCUT2D eigenvalue weighted by molar-refractivity contribution is 5.66. The molecule has 1 aliphatic rings. The quantitative estimate of drug-likeness (QED) is 0.643. The van der Waals surface area contributed by atoms with Crippen LogP contribution in [0.3, 0.4) is 0 Å². The van der Waals surface area contributed by atoms with Gasteiger partial charge < -0.3 is 10.2 Å². The molecule has 0 aliphatic carbocycles. The molecule has 14 heavy (non-hydrogen) atoms. The van der Waals surface area contributed by atoms with Gasteiger partial charge in [-0.1, -0.05) is 6.08 Å². The van der Waals surface area contributed by atoms with Crippen molar-refractivity contribution in [3.63, 3.8) is 0 Å². The number of rotatable bonds is 4. The fourth-order valence-electron chi connectivity index (χ4n) is 1.67. The van der Waals surface area contributed by atoms with E-state index < -0.39 is 0 Å². The van der Waals surface area contributed by atoms with Crippen LogP contribution in [0, 0.1) is 5.92 Å². The molecule has 0 spiro atoms. The summed E-state index contributed by atoms with van der Waals surface area (Å²) in [5.41, 5.74) is 0. The van der Waals surface area contributed by atoms with E-state index in [1.165, 1.54) is 12.8 Å². The van der Waals surface area contributed by atoms with Crippen LogP contribution < -0.4 is 0 Å². The van der Waals surface area contributed by atoms with Crippen LogP contribution in [0.4, 0.5) is 0 Å². The molecule has 1 heterocycles. The molecule has 1 fully saturated rings. The average molecular weight is 198 g/mol. The molecule has 0 bridgehead atoms. The molecule has 2 N–H and O–H groups in total. The zero-order valence-corrected chi connectivity index (χ0v) is 8.76. The summed E-state index contributed by atoms with van der Waals surface area (Å²) < 4.78 is 2.29. The van der Waals surface area contributed by atoms with Crippen LogP contribution in [0.5, 0.6) is 0 Å². The third-order valence-corrected chi connectivity index (χ3v) is 2.73. The van der Waals surface area contributed by atoms with Gasteiger partial charge in [0, 0.05) is 18.8 Å². The summed E-state index contributed by atoms with van der Waals surface area (Å²) in [4.78, 5) is 0. The standard InChI is InChI=1S/C11H20NO2/c1-10-4-2-6-12(10)7-3-5-11(8-13)9-14/h3,5,7,10-11,13-14H,2,4,6,8-9H2,1H3/q+1/b5-3+,12-7?/t10-/m1/s1. The number of hydrogen-bond acceptors (Lipinski definition) is 2. The Labute approximate surface area is 85.4 Å². The predicted molar refractivity (Wildman–Crippen MR) is 56.7 cm³/mol. The number of hydrogen-bond donors (Lipinski definition) is 2. The Balaban J connectivity index is 2.44. The molecule has 1 saturated heterocycles. The van der Waals surface area contributed by atoms with Gasteiger partial charge in [-0.3, -0.25) is 0 Å². The Kier molecular flexibility index (Phi) is 4.84. The van der Waals surface area contributed by atoms with Gasteiger partial charge in [-0.25, -0.2) is 4.58 Å². The third-order valence-electron chi connectivity index (χ3n) is 2.73. The molecular formula is C11H20NO2+. The molecule has 0 aromatic rings. The predicted octanol–water partition coefficient (Wildman–Crippen LogP) is 0.409. The number of aliphatic hydroxyl groups excluding tert-OH is 2. The second kappa shape index (κ2) is 5.94. The lowest BCUT2D eigenvalue weighted by molar-refractivity contribution is -0.535. The minimum Gasteiger partial charge on any atom is -0.396 e. The highest BCUT2D eigenvalue weighted by Crippen LogP contribution is 2.09. The maximum Gasteiger partial charge on any atom is 0.163 e. The largest absolute Gasteiger partial charge is 0.396 e. The normalized spacial score (nSPS) is 25.7. The maximum atomic E-state index is 8.83. The fraction of sp³-hybridized carbons (Fsp3) is 0.727. The molecule has 1 aliphatic heterocycles. The lowest BCUT2D eigenvalue weighted by Crippen LogP contribution is -2.16. The summed E-state index contributed by atoms with van der Waals surface area (Å²) in [5.74, 6) is -0.121. The summed E-state index contributed by atoms with van der Waals surface area (Å²) in [5, 5.41) is 17.7. The number of allylic oxidation sites excluding steroid dienone is 1. The van der Waals surface area contributed by atoms with Crippen molar-refractivity contribution in [3.05, 3.63) is 12.2 Å². The van der Waals surface area contributed by atoms with Crippen LogP contribution >= 0.6 is 0 Å². The van der Waals surface area contributed by atoms with E-state index in [4.69, 9.17) is 10.2 Å². The molecule has 0 unspecified atom stereocenters. The van der Waals surface area contributed by atoms with Gasteiger partial charge in [0.15, 0.2) is 6.21 Å². The van der Waals surface area contributed by atoms with Crippen molar-refractivity contribution in [2.24, 2.45) is 5.92 Å². The first-order valence-electron chi connectivity index (χ1n) is 5.27. The Morgan fingerprint density at radius 2 is 2.14 bits per heavy atom. The molecule has 0 amide bonds. The summed E-state index contributed by atoms with van der Waals surface area (Å²) in [6, 6.07) is 0.626. The van der Waals surface area contributed by atoms with Crippen LogP contribution in [0.2, 0.25) is 0 Å². The van der Waals surface area contributed by atoms with Crippen molar-refractivity contribution in [2.75, 3.05) is 19.8 Å². The summed E-state index contributed by atoms with van der Waals surface area (Å²) in [6.07, 6.45) is 8.35. The molecule has 0 saturated carbocycles. The van der Waals surface area contributed by atoms with E-state index in [0.717, 1.165) is 6.54 Å². The van der Waals surface area contributed by atoms with Gasteiger partial charge in [0.1, 0.15) is 12.6 Å². The van der Waals surface area contributed by atoms with E-state index in [1.54, 1.807) is 0 Å². The van der Waals surface area contributed by atoms with Gasteiger partial charge >= 0.3 is 0 Å². The number of nitrogens with zero attached hydrogens (tertiary/aromatic N) is 1. The molecule has 1 rings (SSSR count). The Morgan fingerprint density at radius 3 is 2.64 bits per heavy atom. The first-order valence-corrected chi connectivity index (χ1v) is 5.27. The van der Waals surface area contributed by atoms with E-state index in [9.17, 15) is 0 Å². The van der Waals surface area contributed by atoms with Crippen molar-refractivity contribution in [1.82, 2.24) is 0 Å². The van der Waals surface area contributed by atoms with Crippen LogP contribution in [0.1, 0.15) is 19.8 Å². The van der Waals surface area contributed by atoms with Gasteiger partial charge in [-0.2, -0.15) is 0 Å². The first-order chi connectivity index (χ1) is 6.77. The fourth-order valence-corrected chi connectivity index (χ4v) is 1.67. The zero-order valence-electron chi connectivity index (χ0n) is 8.76. The van der Waals surface area contributed by atoms with E-state index in [-0.39, 0.29) is 19.1 Å². The Hall–Kier alpha value is -0.670. The molecule has 0 radical (unpaired) electrons. The van der Waals surface area contributed by atoms with Gasteiger partial charge in [-0.05, 0) is 13.0 Å². The minimum atomic E-state index is -0.121. The molecule has 3 heteroatoms. The lowest BCUT2D eigenvalue weighted by atomic mass is 10.1. The second-order valence-electron chi connectivity index (χ2n) is 3.89. The van der Waals surface area contributed by atoms with Crippen molar-refractivity contribution < 1.29 is 14.8 Å². The third kappa shape index (κ3) is 3.24. The molecule has 80 valence electrons. The minimum absolute atomic E-state index is 0.0103. The molecule has 3 nitrogen and oxygen atoms in total.